The summed E-state index contributed by atoms with van der Waals surface area (Å²) in [5.41, 5.74) is 4.25. The lowest BCUT2D eigenvalue weighted by Gasteiger charge is -2.13. The third-order valence-electron chi connectivity index (χ3n) is 4.38. The van der Waals surface area contributed by atoms with Gasteiger partial charge in [-0.3, -0.25) is 4.79 Å². The van der Waals surface area contributed by atoms with Crippen LogP contribution in [0.4, 0.5) is 22.9 Å². The minimum atomic E-state index is -0.294. The molecular weight excluding hydrogens is 350 g/mol. The number of hydrogen-bond donors (Lipinski definition) is 2. The zero-order valence-corrected chi connectivity index (χ0v) is 16.6. The Hall–Kier alpha value is -3.41. The van der Waals surface area contributed by atoms with Gasteiger partial charge in [0.2, 0.25) is 0 Å². The Balaban J connectivity index is 1.62. The van der Waals surface area contributed by atoms with E-state index in [4.69, 9.17) is 0 Å². The van der Waals surface area contributed by atoms with E-state index < -0.39 is 0 Å². The van der Waals surface area contributed by atoms with Crippen LogP contribution in [0, 0.1) is 0 Å². The Bertz CT molecular complexity index is 917. The van der Waals surface area contributed by atoms with Crippen molar-refractivity contribution in [3.8, 4) is 0 Å². The maximum Gasteiger partial charge on any atom is 0.275 e. The molecular formula is C22H25N5O. The van der Waals surface area contributed by atoms with E-state index >= 15 is 0 Å². The molecule has 28 heavy (non-hydrogen) atoms. The van der Waals surface area contributed by atoms with E-state index in [2.05, 4.69) is 46.6 Å². The molecule has 0 spiro atoms. The van der Waals surface area contributed by atoms with Gasteiger partial charge in [-0.15, -0.1) is 0 Å². The normalized spacial score (nSPS) is 10.6. The van der Waals surface area contributed by atoms with Crippen LogP contribution in [0.3, 0.4) is 0 Å². The van der Waals surface area contributed by atoms with Crippen LogP contribution < -0.4 is 15.5 Å². The number of benzene rings is 2. The smallest absolute Gasteiger partial charge is 0.275 e. The molecule has 0 radical (unpaired) electrons. The molecule has 6 nitrogen and oxygen atoms in total. The zero-order valence-electron chi connectivity index (χ0n) is 16.6. The second kappa shape index (κ2) is 8.52. The molecule has 6 heteroatoms. The zero-order chi connectivity index (χ0) is 20.1. The molecule has 2 aromatic carbocycles. The van der Waals surface area contributed by atoms with Crippen LogP contribution in [0.25, 0.3) is 0 Å². The molecule has 0 saturated carbocycles. The highest BCUT2D eigenvalue weighted by Gasteiger charge is 2.09. The predicted molar refractivity (Wildman–Crippen MR) is 115 cm³/mol. The van der Waals surface area contributed by atoms with Gasteiger partial charge in [-0.2, -0.15) is 0 Å². The van der Waals surface area contributed by atoms with E-state index in [0.29, 0.717) is 17.4 Å². The number of amides is 1. The van der Waals surface area contributed by atoms with Gasteiger partial charge < -0.3 is 15.5 Å². The molecule has 0 bridgehead atoms. The van der Waals surface area contributed by atoms with E-state index in [1.807, 2.05) is 55.4 Å². The molecule has 1 aromatic heterocycles. The van der Waals surface area contributed by atoms with Crippen LogP contribution in [-0.4, -0.2) is 30.0 Å². The van der Waals surface area contributed by atoms with Crippen molar-refractivity contribution < 1.29 is 4.79 Å². The second-order valence-electron chi connectivity index (χ2n) is 7.08. The molecule has 0 saturated heterocycles. The fraction of sp³-hybridized carbons (Fsp3) is 0.227. The van der Waals surface area contributed by atoms with Gasteiger partial charge >= 0.3 is 0 Å². The standard InChI is InChI=1S/C22H25N5O/c1-15(2)16-5-7-17(8-6-16)25-21-14-23-20(13-24-21)22(28)26-18-9-11-19(12-10-18)27(3)4/h5-15H,1-4H3,(H,24,25)(H,26,28). The molecule has 0 aliphatic heterocycles. The quantitative estimate of drug-likeness (QED) is 0.656. The SMILES string of the molecule is CC(C)c1ccc(Nc2cnc(C(=O)Nc3ccc(N(C)C)cc3)cn2)cc1. The summed E-state index contributed by atoms with van der Waals surface area (Å²) in [6, 6.07) is 15.8. The number of carbonyl (C=O) groups excluding carboxylic acids is 1. The van der Waals surface area contributed by atoms with Gasteiger partial charge in [0.15, 0.2) is 0 Å². The topological polar surface area (TPSA) is 70.2 Å². The van der Waals surface area contributed by atoms with Crippen LogP contribution in [0.15, 0.2) is 60.9 Å². The highest BCUT2D eigenvalue weighted by molar-refractivity contribution is 6.02. The summed E-state index contributed by atoms with van der Waals surface area (Å²) in [6.07, 6.45) is 3.02. The summed E-state index contributed by atoms with van der Waals surface area (Å²) in [7, 11) is 3.94. The van der Waals surface area contributed by atoms with Crippen LogP contribution in [0.2, 0.25) is 0 Å². The largest absolute Gasteiger partial charge is 0.378 e. The lowest BCUT2D eigenvalue weighted by Crippen LogP contribution is -2.14. The molecule has 144 valence electrons. The molecule has 3 rings (SSSR count). The average molecular weight is 375 g/mol. The Morgan fingerprint density at radius 1 is 0.893 bits per heavy atom. The van der Waals surface area contributed by atoms with E-state index in [1.165, 1.54) is 11.8 Å². The molecule has 0 fully saturated rings. The summed E-state index contributed by atoms with van der Waals surface area (Å²) in [4.78, 5) is 22.9. The summed E-state index contributed by atoms with van der Waals surface area (Å²) >= 11 is 0. The van der Waals surface area contributed by atoms with Crippen LogP contribution in [0.1, 0.15) is 35.8 Å². The van der Waals surface area contributed by atoms with E-state index in [0.717, 1.165) is 11.4 Å². The Labute approximate surface area is 165 Å². The lowest BCUT2D eigenvalue weighted by molar-refractivity contribution is 0.102. The number of hydrogen-bond acceptors (Lipinski definition) is 5. The minimum absolute atomic E-state index is 0.261. The average Bonchev–Trinajstić information content (AvgIpc) is 2.69. The number of rotatable bonds is 6. The number of nitrogens with one attached hydrogen (secondary N) is 2. The van der Waals surface area contributed by atoms with Gasteiger partial charge in [0.1, 0.15) is 11.5 Å². The van der Waals surface area contributed by atoms with Crippen molar-refractivity contribution in [1.29, 1.82) is 0 Å². The second-order valence-corrected chi connectivity index (χ2v) is 7.08. The summed E-state index contributed by atoms with van der Waals surface area (Å²) < 4.78 is 0. The van der Waals surface area contributed by atoms with Crippen LogP contribution in [0.5, 0.6) is 0 Å². The van der Waals surface area contributed by atoms with Crippen molar-refractivity contribution in [3.05, 3.63) is 72.2 Å². The molecule has 0 unspecified atom stereocenters. The maximum absolute atomic E-state index is 12.4. The van der Waals surface area contributed by atoms with Gasteiger partial charge in [0.05, 0.1) is 12.4 Å². The van der Waals surface area contributed by atoms with E-state index in [-0.39, 0.29) is 11.6 Å². The molecule has 2 N–H and O–H groups in total. The summed E-state index contributed by atoms with van der Waals surface area (Å²) in [5, 5.41) is 6.02. The third kappa shape index (κ3) is 4.85. The number of nitrogens with zero attached hydrogens (tertiary/aromatic N) is 3. The van der Waals surface area contributed by atoms with Crippen LogP contribution in [-0.2, 0) is 0 Å². The van der Waals surface area contributed by atoms with Gasteiger partial charge in [-0.25, -0.2) is 9.97 Å². The van der Waals surface area contributed by atoms with Crippen molar-refractivity contribution >= 4 is 28.8 Å². The first-order valence-corrected chi connectivity index (χ1v) is 9.20. The highest BCUT2D eigenvalue weighted by atomic mass is 16.1. The van der Waals surface area contributed by atoms with Crippen molar-refractivity contribution in [3.63, 3.8) is 0 Å². The molecule has 0 aliphatic carbocycles. The Kier molecular flexibility index (Phi) is 5.89. The Morgan fingerprint density at radius 2 is 1.54 bits per heavy atom. The first-order valence-electron chi connectivity index (χ1n) is 9.20. The van der Waals surface area contributed by atoms with Gasteiger partial charge in [-0.1, -0.05) is 26.0 Å². The fourth-order valence-electron chi connectivity index (χ4n) is 2.65. The predicted octanol–water partition coefficient (Wildman–Crippen LogP) is 4.66. The first kappa shape index (κ1) is 19.4. The van der Waals surface area contributed by atoms with Gasteiger partial charge in [0, 0.05) is 31.2 Å². The lowest BCUT2D eigenvalue weighted by atomic mass is 10.0. The number of aromatic nitrogens is 2. The highest BCUT2D eigenvalue weighted by Crippen LogP contribution is 2.20. The third-order valence-corrected chi connectivity index (χ3v) is 4.38. The monoisotopic (exact) mass is 375 g/mol. The van der Waals surface area contributed by atoms with E-state index in [1.54, 1.807) is 6.20 Å². The molecule has 3 aromatic rings. The maximum atomic E-state index is 12.4. The first-order chi connectivity index (χ1) is 13.4. The number of carbonyl (C=O) groups is 1. The van der Waals surface area contributed by atoms with E-state index in [9.17, 15) is 4.79 Å². The summed E-state index contributed by atoms with van der Waals surface area (Å²) in [5.74, 6) is 0.785. The van der Waals surface area contributed by atoms with Crippen molar-refractivity contribution in [2.45, 2.75) is 19.8 Å². The summed E-state index contributed by atoms with van der Waals surface area (Å²) in [6.45, 7) is 4.32. The molecule has 0 atom stereocenters. The fourth-order valence-corrected chi connectivity index (χ4v) is 2.65. The van der Waals surface area contributed by atoms with Gasteiger partial charge in [-0.05, 0) is 47.9 Å². The van der Waals surface area contributed by atoms with Gasteiger partial charge in [0.25, 0.3) is 5.91 Å². The van der Waals surface area contributed by atoms with Crippen LogP contribution >= 0.6 is 0 Å². The molecule has 1 heterocycles. The molecule has 1 amide bonds. The van der Waals surface area contributed by atoms with Crippen molar-refractivity contribution in [2.24, 2.45) is 0 Å². The minimum Gasteiger partial charge on any atom is -0.378 e. The number of anilines is 4. The van der Waals surface area contributed by atoms with Crippen molar-refractivity contribution in [2.75, 3.05) is 29.6 Å². The molecule has 0 aliphatic rings. The Morgan fingerprint density at radius 3 is 2.07 bits per heavy atom. The van der Waals surface area contributed by atoms with Crippen molar-refractivity contribution in [1.82, 2.24) is 9.97 Å².